The average Bonchev–Trinajstić information content (AvgIpc) is 2.64. The fourth-order valence-corrected chi connectivity index (χ4v) is 5.22. The van der Waals surface area contributed by atoms with Gasteiger partial charge < -0.3 is 10.1 Å². The second-order valence-electron chi connectivity index (χ2n) is 8.63. The molecule has 0 spiro atoms. The van der Waals surface area contributed by atoms with Gasteiger partial charge in [0.05, 0.1) is 18.0 Å². The van der Waals surface area contributed by atoms with E-state index in [4.69, 9.17) is 4.74 Å². The van der Waals surface area contributed by atoms with Crippen LogP contribution in [0.25, 0.3) is 0 Å². The SMILES string of the molecule is CC[C@H](C(=O)N[C@H]1CC(C)(C)Oc2cc(C)ccc21)N(c1ccc(F)cc1)S(C)(=O)=O. The van der Waals surface area contributed by atoms with Gasteiger partial charge in [0, 0.05) is 12.0 Å². The lowest BCUT2D eigenvalue weighted by atomic mass is 9.89. The van der Waals surface area contributed by atoms with Crippen molar-refractivity contribution in [1.82, 2.24) is 5.32 Å². The maximum absolute atomic E-state index is 13.4. The van der Waals surface area contributed by atoms with E-state index in [1.807, 2.05) is 39.0 Å². The fraction of sp³-hybridized carbons (Fsp3) is 0.435. The maximum Gasteiger partial charge on any atom is 0.244 e. The van der Waals surface area contributed by atoms with Crippen LogP contribution in [0.1, 0.15) is 50.8 Å². The van der Waals surface area contributed by atoms with Crippen LogP contribution < -0.4 is 14.4 Å². The number of ether oxygens (including phenoxy) is 1. The Hall–Kier alpha value is -2.61. The molecule has 0 radical (unpaired) electrons. The van der Waals surface area contributed by atoms with Crippen LogP contribution in [0, 0.1) is 12.7 Å². The van der Waals surface area contributed by atoms with Crippen LogP contribution in [-0.4, -0.2) is 32.2 Å². The van der Waals surface area contributed by atoms with E-state index in [0.29, 0.717) is 12.2 Å². The summed E-state index contributed by atoms with van der Waals surface area (Å²) < 4.78 is 45.7. The van der Waals surface area contributed by atoms with Gasteiger partial charge in [-0.05, 0) is 63.1 Å². The Morgan fingerprint density at radius 3 is 2.48 bits per heavy atom. The van der Waals surface area contributed by atoms with Crippen molar-refractivity contribution >= 4 is 21.6 Å². The number of hydrogen-bond acceptors (Lipinski definition) is 4. The lowest BCUT2D eigenvalue weighted by molar-refractivity contribution is -0.123. The molecular formula is C23H29FN2O4S. The minimum atomic E-state index is -3.79. The maximum atomic E-state index is 13.4. The molecular weight excluding hydrogens is 419 g/mol. The smallest absolute Gasteiger partial charge is 0.244 e. The van der Waals surface area contributed by atoms with Gasteiger partial charge in [0.1, 0.15) is 23.2 Å². The predicted molar refractivity (Wildman–Crippen MR) is 119 cm³/mol. The normalized spacial score (nSPS) is 18.5. The molecule has 1 aliphatic heterocycles. The summed E-state index contributed by atoms with van der Waals surface area (Å²) in [5, 5.41) is 3.04. The number of nitrogens with one attached hydrogen (secondary N) is 1. The molecule has 31 heavy (non-hydrogen) atoms. The van der Waals surface area contributed by atoms with Gasteiger partial charge in [-0.25, -0.2) is 12.8 Å². The Balaban J connectivity index is 1.94. The number of hydrogen-bond donors (Lipinski definition) is 1. The third-order valence-corrected chi connectivity index (χ3v) is 6.53. The Morgan fingerprint density at radius 1 is 1.26 bits per heavy atom. The van der Waals surface area contributed by atoms with Crippen molar-refractivity contribution in [1.29, 1.82) is 0 Å². The lowest BCUT2D eigenvalue weighted by Gasteiger charge is -2.39. The largest absolute Gasteiger partial charge is 0.487 e. The van der Waals surface area contributed by atoms with Crippen molar-refractivity contribution < 1.29 is 22.3 Å². The highest BCUT2D eigenvalue weighted by Gasteiger charge is 2.37. The van der Waals surface area contributed by atoms with Crippen LogP contribution in [0.2, 0.25) is 0 Å². The van der Waals surface area contributed by atoms with E-state index in [1.54, 1.807) is 6.92 Å². The van der Waals surface area contributed by atoms with Crippen LogP contribution in [0.5, 0.6) is 5.75 Å². The van der Waals surface area contributed by atoms with E-state index in [9.17, 15) is 17.6 Å². The predicted octanol–water partition coefficient (Wildman–Crippen LogP) is 4.10. The molecule has 0 fully saturated rings. The van der Waals surface area contributed by atoms with Crippen molar-refractivity contribution in [3.8, 4) is 5.75 Å². The first-order valence-corrected chi connectivity index (χ1v) is 12.1. The van der Waals surface area contributed by atoms with Crippen LogP contribution in [-0.2, 0) is 14.8 Å². The molecule has 1 aliphatic rings. The van der Waals surface area contributed by atoms with Gasteiger partial charge in [0.15, 0.2) is 0 Å². The number of anilines is 1. The van der Waals surface area contributed by atoms with Gasteiger partial charge in [0.2, 0.25) is 15.9 Å². The third kappa shape index (κ3) is 5.18. The summed E-state index contributed by atoms with van der Waals surface area (Å²) in [6, 6.07) is 9.61. The minimum absolute atomic E-state index is 0.245. The molecule has 3 rings (SSSR count). The van der Waals surface area contributed by atoms with Crippen LogP contribution in [0.4, 0.5) is 10.1 Å². The second kappa shape index (κ2) is 8.49. The van der Waals surface area contributed by atoms with E-state index in [2.05, 4.69) is 5.32 Å². The molecule has 0 unspecified atom stereocenters. The van der Waals surface area contributed by atoms with E-state index in [-0.39, 0.29) is 18.2 Å². The van der Waals surface area contributed by atoms with Gasteiger partial charge in [0.25, 0.3) is 0 Å². The van der Waals surface area contributed by atoms with E-state index >= 15 is 0 Å². The van der Waals surface area contributed by atoms with Gasteiger partial charge >= 0.3 is 0 Å². The highest BCUT2D eigenvalue weighted by molar-refractivity contribution is 7.92. The first-order valence-electron chi connectivity index (χ1n) is 10.3. The van der Waals surface area contributed by atoms with E-state index in [1.165, 1.54) is 24.3 Å². The zero-order valence-corrected chi connectivity index (χ0v) is 19.3. The summed E-state index contributed by atoms with van der Waals surface area (Å²) in [7, 11) is -3.79. The summed E-state index contributed by atoms with van der Waals surface area (Å²) in [5.74, 6) is -0.175. The summed E-state index contributed by atoms with van der Waals surface area (Å²) in [4.78, 5) is 13.3. The minimum Gasteiger partial charge on any atom is -0.487 e. The molecule has 2 atom stereocenters. The number of carbonyl (C=O) groups excluding carboxylic acids is 1. The van der Waals surface area contributed by atoms with E-state index < -0.39 is 33.4 Å². The number of rotatable bonds is 6. The topological polar surface area (TPSA) is 75.7 Å². The molecule has 6 nitrogen and oxygen atoms in total. The molecule has 168 valence electrons. The Kier molecular flexibility index (Phi) is 6.32. The number of sulfonamides is 1. The van der Waals surface area contributed by atoms with Crippen LogP contribution in [0.3, 0.4) is 0 Å². The molecule has 0 saturated heterocycles. The summed E-state index contributed by atoms with van der Waals surface area (Å²) in [6.07, 6.45) is 1.84. The number of fused-ring (bicyclic) bond motifs is 1. The average molecular weight is 449 g/mol. The fourth-order valence-electron chi connectivity index (χ4n) is 4.00. The first kappa shape index (κ1) is 23.1. The molecule has 1 heterocycles. The van der Waals surface area contributed by atoms with Crippen molar-refractivity contribution in [3.05, 3.63) is 59.4 Å². The molecule has 2 aromatic carbocycles. The molecule has 1 N–H and O–H groups in total. The van der Waals surface area contributed by atoms with Gasteiger partial charge in [-0.15, -0.1) is 0 Å². The highest BCUT2D eigenvalue weighted by Crippen LogP contribution is 2.40. The van der Waals surface area contributed by atoms with Crippen molar-refractivity contribution in [2.24, 2.45) is 0 Å². The summed E-state index contributed by atoms with van der Waals surface area (Å²) in [5.41, 5.74) is 1.66. The highest BCUT2D eigenvalue weighted by atomic mass is 32.2. The van der Waals surface area contributed by atoms with Crippen LogP contribution >= 0.6 is 0 Å². The van der Waals surface area contributed by atoms with Crippen molar-refractivity contribution in [2.45, 2.75) is 58.2 Å². The Bertz CT molecular complexity index is 1070. The summed E-state index contributed by atoms with van der Waals surface area (Å²) in [6.45, 7) is 7.63. The van der Waals surface area contributed by atoms with Gasteiger partial charge in [-0.2, -0.15) is 0 Å². The monoisotopic (exact) mass is 448 g/mol. The van der Waals surface area contributed by atoms with Gasteiger partial charge in [-0.1, -0.05) is 19.1 Å². The standard InChI is InChI=1S/C23H29FN2O4S/c1-6-20(26(31(5,28)29)17-10-8-16(24)9-11-17)22(27)25-19-14-23(3,4)30-21-13-15(2)7-12-18(19)21/h7-13,19-20H,6,14H2,1-5H3,(H,25,27)/t19-,20+/m0/s1. The molecule has 0 aromatic heterocycles. The van der Waals surface area contributed by atoms with Crippen molar-refractivity contribution in [3.63, 3.8) is 0 Å². The van der Waals surface area contributed by atoms with Crippen molar-refractivity contribution in [2.75, 3.05) is 10.6 Å². The molecule has 0 aliphatic carbocycles. The second-order valence-corrected chi connectivity index (χ2v) is 10.5. The number of halogens is 1. The quantitative estimate of drug-likeness (QED) is 0.722. The van der Waals surface area contributed by atoms with Crippen LogP contribution in [0.15, 0.2) is 42.5 Å². The number of nitrogens with zero attached hydrogens (tertiary/aromatic N) is 1. The molecule has 0 saturated carbocycles. The molecule has 1 amide bonds. The molecule has 2 aromatic rings. The lowest BCUT2D eigenvalue weighted by Crippen LogP contribution is -2.51. The number of aryl methyl sites for hydroxylation is 1. The summed E-state index contributed by atoms with van der Waals surface area (Å²) >= 11 is 0. The molecule has 0 bridgehead atoms. The Labute approximate surface area is 183 Å². The number of amides is 1. The Morgan fingerprint density at radius 2 is 1.90 bits per heavy atom. The van der Waals surface area contributed by atoms with Gasteiger partial charge in [-0.3, -0.25) is 9.10 Å². The van der Waals surface area contributed by atoms with E-state index in [0.717, 1.165) is 21.7 Å². The third-order valence-electron chi connectivity index (χ3n) is 5.35. The zero-order valence-electron chi connectivity index (χ0n) is 18.5. The molecule has 8 heteroatoms. The number of carbonyl (C=O) groups is 1. The number of benzene rings is 2. The first-order chi connectivity index (χ1) is 14.4. The zero-order chi connectivity index (χ0) is 23.0.